The third kappa shape index (κ3) is 4.84. The van der Waals surface area contributed by atoms with Gasteiger partial charge in [-0.05, 0) is 6.42 Å². The number of alkyl halides is 3. The number of hydrogen-bond acceptors (Lipinski definition) is 6. The van der Waals surface area contributed by atoms with Gasteiger partial charge in [0.25, 0.3) is 0 Å². The van der Waals surface area contributed by atoms with E-state index in [0.29, 0.717) is 11.1 Å². The molecule has 0 saturated carbocycles. The molecule has 0 aromatic heterocycles. The summed E-state index contributed by atoms with van der Waals surface area (Å²) in [7, 11) is -5.89. The molecular weight excluding hydrogens is 295 g/mol. The van der Waals surface area contributed by atoms with Crippen molar-refractivity contribution in [3.63, 3.8) is 0 Å². The Morgan fingerprint density at radius 2 is 1.74 bits per heavy atom. The first-order valence-corrected chi connectivity index (χ1v) is 6.55. The van der Waals surface area contributed by atoms with E-state index in [0.717, 1.165) is 0 Å². The maximum Gasteiger partial charge on any atom is 0.516 e. The number of sulfonamides is 1. The summed E-state index contributed by atoms with van der Waals surface area (Å²) in [6.45, 7) is -0.124. The zero-order valence-corrected chi connectivity index (χ0v) is 10.7. The molecule has 3 N–H and O–H groups in total. The molecule has 19 heavy (non-hydrogen) atoms. The first-order chi connectivity index (χ1) is 8.53. The first kappa shape index (κ1) is 17.9. The monoisotopic (exact) mass is 309 g/mol. The number of halogens is 3. The number of carbonyl (C=O) groups is 1. The molecule has 0 unspecified atom stereocenters. The topological polar surface area (TPSA) is 113 Å². The molecule has 0 aliphatic carbocycles. The molecule has 0 aliphatic heterocycles. The van der Waals surface area contributed by atoms with E-state index in [1.807, 2.05) is 0 Å². The molecule has 7 nitrogen and oxygen atoms in total. The van der Waals surface area contributed by atoms with Crippen molar-refractivity contribution in [2.24, 2.45) is 0 Å². The molecule has 0 aromatic carbocycles. The normalized spacial score (nSPS) is 13.2. The minimum absolute atomic E-state index is 0.0561. The van der Waals surface area contributed by atoms with E-state index in [2.05, 4.69) is 4.74 Å². The van der Waals surface area contributed by atoms with Crippen molar-refractivity contribution >= 4 is 16.1 Å². The van der Waals surface area contributed by atoms with Crippen molar-refractivity contribution in [1.29, 1.82) is 0 Å². The van der Waals surface area contributed by atoms with Gasteiger partial charge in [0.05, 0.1) is 13.2 Å². The van der Waals surface area contributed by atoms with Crippen molar-refractivity contribution in [2.45, 2.75) is 30.9 Å². The SMILES string of the molecule is CCCC(CO)(CO)OC(=O)NS(=O)(=O)C(F)(F)F. The summed E-state index contributed by atoms with van der Waals surface area (Å²) in [4.78, 5) is 11.1. The fraction of sp³-hybridized carbons (Fsp3) is 0.875. The summed E-state index contributed by atoms with van der Waals surface area (Å²) < 4.78 is 62.2. The van der Waals surface area contributed by atoms with Crippen LogP contribution in [-0.4, -0.2) is 49.0 Å². The quantitative estimate of drug-likeness (QED) is 0.641. The summed E-state index contributed by atoms with van der Waals surface area (Å²) in [6, 6.07) is 0. The fourth-order valence-corrected chi connectivity index (χ4v) is 1.54. The van der Waals surface area contributed by atoms with Crippen molar-refractivity contribution in [3.8, 4) is 0 Å². The van der Waals surface area contributed by atoms with Crippen molar-refractivity contribution in [3.05, 3.63) is 0 Å². The zero-order valence-electron chi connectivity index (χ0n) is 9.90. The van der Waals surface area contributed by atoms with Crippen molar-refractivity contribution < 1.29 is 41.3 Å². The predicted octanol–water partition coefficient (Wildman–Crippen LogP) is 0.0857. The van der Waals surface area contributed by atoms with Crippen LogP contribution in [0, 0.1) is 0 Å². The number of carbonyl (C=O) groups excluding carboxylic acids is 1. The van der Waals surface area contributed by atoms with Gasteiger partial charge in [0.2, 0.25) is 0 Å². The Morgan fingerprint density at radius 1 is 1.26 bits per heavy atom. The zero-order chi connectivity index (χ0) is 15.3. The third-order valence-electron chi connectivity index (χ3n) is 2.11. The summed E-state index contributed by atoms with van der Waals surface area (Å²) in [5.41, 5.74) is -7.50. The average Bonchev–Trinajstić information content (AvgIpc) is 2.26. The van der Waals surface area contributed by atoms with Gasteiger partial charge in [-0.15, -0.1) is 0 Å². The largest absolute Gasteiger partial charge is 0.516 e. The Bertz CT molecular complexity index is 403. The van der Waals surface area contributed by atoms with E-state index in [1.165, 1.54) is 0 Å². The molecule has 0 aromatic rings. The van der Waals surface area contributed by atoms with Crippen LogP contribution >= 0.6 is 0 Å². The maximum absolute atomic E-state index is 12.0. The van der Waals surface area contributed by atoms with Crippen LogP contribution in [0.4, 0.5) is 18.0 Å². The minimum Gasteiger partial charge on any atom is -0.437 e. The van der Waals surface area contributed by atoms with Crippen molar-refractivity contribution in [2.75, 3.05) is 13.2 Å². The van der Waals surface area contributed by atoms with E-state index in [1.54, 1.807) is 6.92 Å². The van der Waals surface area contributed by atoms with Gasteiger partial charge in [0.15, 0.2) is 5.60 Å². The average molecular weight is 309 g/mol. The Balaban J connectivity index is 4.87. The van der Waals surface area contributed by atoms with Crippen LogP contribution in [0.1, 0.15) is 19.8 Å². The van der Waals surface area contributed by atoms with E-state index in [9.17, 15) is 26.4 Å². The van der Waals surface area contributed by atoms with E-state index >= 15 is 0 Å². The molecule has 1 amide bonds. The number of aliphatic hydroxyl groups excluding tert-OH is 2. The molecule has 0 fully saturated rings. The Labute approximate surface area is 107 Å². The number of rotatable bonds is 6. The standard InChI is InChI=1S/C8H14F3NO6S/c1-2-3-7(4-13,5-14)18-6(15)12-19(16,17)8(9,10)11/h13-14H,2-5H2,1H3,(H,12,15). The van der Waals surface area contributed by atoms with Gasteiger partial charge in [0.1, 0.15) is 0 Å². The molecule has 0 saturated heterocycles. The molecule has 0 heterocycles. The van der Waals surface area contributed by atoms with Crippen LogP contribution in [0.25, 0.3) is 0 Å². The highest BCUT2D eigenvalue weighted by Crippen LogP contribution is 2.23. The third-order valence-corrected chi connectivity index (χ3v) is 3.16. The Kier molecular flexibility index (Phi) is 6.03. The van der Waals surface area contributed by atoms with Crippen LogP contribution in [0.3, 0.4) is 0 Å². The highest BCUT2D eigenvalue weighted by atomic mass is 32.2. The maximum atomic E-state index is 12.0. The number of amides is 1. The fourth-order valence-electron chi connectivity index (χ4n) is 1.16. The molecule has 0 bridgehead atoms. The van der Waals surface area contributed by atoms with Gasteiger partial charge in [-0.25, -0.2) is 9.52 Å². The molecule has 0 aliphatic rings. The molecule has 0 atom stereocenters. The number of aliphatic hydroxyl groups is 2. The Morgan fingerprint density at radius 3 is 2.05 bits per heavy atom. The van der Waals surface area contributed by atoms with Crippen molar-refractivity contribution in [1.82, 2.24) is 4.72 Å². The summed E-state index contributed by atoms with van der Waals surface area (Å²) in [5, 5.41) is 18.0. The minimum atomic E-state index is -5.89. The lowest BCUT2D eigenvalue weighted by Gasteiger charge is -2.29. The molecule has 0 radical (unpaired) electrons. The predicted molar refractivity (Wildman–Crippen MR) is 56.4 cm³/mol. The second kappa shape index (κ2) is 6.39. The number of nitrogens with one attached hydrogen (secondary N) is 1. The van der Waals surface area contributed by atoms with Crippen LogP contribution in [0.15, 0.2) is 0 Å². The molecule has 0 rings (SSSR count). The summed E-state index contributed by atoms with van der Waals surface area (Å²) in [5.74, 6) is 0. The van der Waals surface area contributed by atoms with Gasteiger partial charge < -0.3 is 14.9 Å². The van der Waals surface area contributed by atoms with E-state index in [-0.39, 0.29) is 6.42 Å². The Hall–Kier alpha value is -1.07. The highest BCUT2D eigenvalue weighted by Gasteiger charge is 2.48. The lowest BCUT2D eigenvalue weighted by molar-refractivity contribution is -0.0697. The van der Waals surface area contributed by atoms with E-state index in [4.69, 9.17) is 10.2 Å². The number of hydrogen-bond donors (Lipinski definition) is 3. The molecule has 11 heteroatoms. The second-order valence-electron chi connectivity index (χ2n) is 3.69. The van der Waals surface area contributed by atoms with Gasteiger partial charge in [0, 0.05) is 0 Å². The lowest BCUT2D eigenvalue weighted by atomic mass is 10.0. The van der Waals surface area contributed by atoms with E-state index < -0.39 is 40.4 Å². The van der Waals surface area contributed by atoms with Crippen LogP contribution < -0.4 is 4.72 Å². The summed E-state index contributed by atoms with van der Waals surface area (Å²) >= 11 is 0. The lowest BCUT2D eigenvalue weighted by Crippen LogP contribution is -2.48. The molecule has 114 valence electrons. The number of ether oxygens (including phenoxy) is 1. The summed E-state index contributed by atoms with van der Waals surface area (Å²) in [6.07, 6.45) is -1.64. The highest BCUT2D eigenvalue weighted by molar-refractivity contribution is 7.90. The first-order valence-electron chi connectivity index (χ1n) is 5.07. The van der Waals surface area contributed by atoms with Crippen LogP contribution in [0.5, 0.6) is 0 Å². The second-order valence-corrected chi connectivity index (χ2v) is 5.36. The van der Waals surface area contributed by atoms with Gasteiger partial charge >= 0.3 is 21.6 Å². The van der Waals surface area contributed by atoms with Gasteiger partial charge in [-0.3, -0.25) is 0 Å². The molecule has 0 spiro atoms. The van der Waals surface area contributed by atoms with Gasteiger partial charge in [-0.2, -0.15) is 21.6 Å². The molecular formula is C8H14F3NO6S. The van der Waals surface area contributed by atoms with Gasteiger partial charge in [-0.1, -0.05) is 13.3 Å². The smallest absolute Gasteiger partial charge is 0.437 e. The van der Waals surface area contributed by atoms with Crippen LogP contribution in [-0.2, 0) is 14.8 Å². The van der Waals surface area contributed by atoms with Crippen LogP contribution in [0.2, 0.25) is 0 Å².